The SMILES string of the molecule is Cc1ccccc1CC(C)NC(C)c1ccccc1. The number of hydrogen-bond acceptors (Lipinski definition) is 1. The monoisotopic (exact) mass is 253 g/mol. The zero-order valence-corrected chi connectivity index (χ0v) is 12.1. The van der Waals surface area contributed by atoms with Gasteiger partial charge < -0.3 is 5.32 Å². The first-order chi connectivity index (χ1) is 9.16. The van der Waals surface area contributed by atoms with Gasteiger partial charge in [-0.3, -0.25) is 0 Å². The summed E-state index contributed by atoms with van der Waals surface area (Å²) >= 11 is 0. The summed E-state index contributed by atoms with van der Waals surface area (Å²) in [5.41, 5.74) is 4.16. The number of rotatable bonds is 5. The van der Waals surface area contributed by atoms with Gasteiger partial charge in [-0.2, -0.15) is 0 Å². The zero-order valence-electron chi connectivity index (χ0n) is 12.1. The third kappa shape index (κ3) is 3.93. The second kappa shape index (κ2) is 6.53. The minimum absolute atomic E-state index is 0.389. The van der Waals surface area contributed by atoms with Crippen LogP contribution in [0.1, 0.15) is 36.6 Å². The van der Waals surface area contributed by atoms with Crippen LogP contribution in [0.3, 0.4) is 0 Å². The van der Waals surface area contributed by atoms with E-state index in [9.17, 15) is 0 Å². The molecule has 0 aliphatic carbocycles. The topological polar surface area (TPSA) is 12.0 Å². The maximum Gasteiger partial charge on any atom is 0.0294 e. The van der Waals surface area contributed by atoms with Crippen LogP contribution in [0.2, 0.25) is 0 Å². The van der Waals surface area contributed by atoms with E-state index in [4.69, 9.17) is 0 Å². The van der Waals surface area contributed by atoms with Crippen molar-refractivity contribution in [1.29, 1.82) is 0 Å². The maximum absolute atomic E-state index is 3.67. The van der Waals surface area contributed by atoms with E-state index in [2.05, 4.69) is 80.7 Å². The summed E-state index contributed by atoms with van der Waals surface area (Å²) in [6.45, 7) is 6.66. The van der Waals surface area contributed by atoms with Gasteiger partial charge in [0.05, 0.1) is 0 Å². The summed E-state index contributed by atoms with van der Waals surface area (Å²) in [6.07, 6.45) is 1.07. The summed E-state index contributed by atoms with van der Waals surface area (Å²) < 4.78 is 0. The van der Waals surface area contributed by atoms with Crippen LogP contribution in [-0.4, -0.2) is 6.04 Å². The molecular formula is C18H23N. The molecular weight excluding hydrogens is 230 g/mol. The van der Waals surface area contributed by atoms with Crippen molar-refractivity contribution in [3.63, 3.8) is 0 Å². The highest BCUT2D eigenvalue weighted by Gasteiger charge is 2.10. The molecule has 19 heavy (non-hydrogen) atoms. The minimum atomic E-state index is 0.389. The Morgan fingerprint density at radius 3 is 2.21 bits per heavy atom. The lowest BCUT2D eigenvalue weighted by atomic mass is 10.0. The number of aryl methyl sites for hydroxylation is 1. The second-order valence-corrected chi connectivity index (χ2v) is 5.33. The Hall–Kier alpha value is -1.60. The fourth-order valence-electron chi connectivity index (χ4n) is 2.49. The van der Waals surface area contributed by atoms with E-state index in [0.717, 1.165) is 6.42 Å². The van der Waals surface area contributed by atoms with E-state index in [1.165, 1.54) is 16.7 Å². The van der Waals surface area contributed by atoms with E-state index in [1.54, 1.807) is 0 Å². The molecule has 0 heterocycles. The van der Waals surface area contributed by atoms with Gasteiger partial charge in [0.25, 0.3) is 0 Å². The molecule has 0 bridgehead atoms. The molecule has 0 aliphatic heterocycles. The van der Waals surface area contributed by atoms with Crippen LogP contribution in [0, 0.1) is 6.92 Å². The lowest BCUT2D eigenvalue weighted by Gasteiger charge is -2.21. The molecule has 0 aliphatic rings. The summed E-state index contributed by atoms with van der Waals surface area (Å²) in [4.78, 5) is 0. The molecule has 2 aromatic rings. The number of benzene rings is 2. The zero-order chi connectivity index (χ0) is 13.7. The molecule has 0 fully saturated rings. The highest BCUT2D eigenvalue weighted by Crippen LogP contribution is 2.15. The van der Waals surface area contributed by atoms with E-state index >= 15 is 0 Å². The Morgan fingerprint density at radius 2 is 1.53 bits per heavy atom. The highest BCUT2D eigenvalue weighted by atomic mass is 14.9. The predicted octanol–water partition coefficient (Wildman–Crippen LogP) is 4.28. The van der Waals surface area contributed by atoms with E-state index in [1.807, 2.05) is 0 Å². The van der Waals surface area contributed by atoms with Gasteiger partial charge in [-0.1, -0.05) is 54.6 Å². The molecule has 0 saturated heterocycles. The van der Waals surface area contributed by atoms with Crippen LogP contribution in [-0.2, 0) is 6.42 Å². The molecule has 2 unspecified atom stereocenters. The van der Waals surface area contributed by atoms with Crippen molar-refractivity contribution in [1.82, 2.24) is 5.32 Å². The van der Waals surface area contributed by atoms with Crippen LogP contribution in [0.25, 0.3) is 0 Å². The molecule has 2 atom stereocenters. The van der Waals surface area contributed by atoms with Gasteiger partial charge in [0.2, 0.25) is 0 Å². The first kappa shape index (κ1) is 13.8. The van der Waals surface area contributed by atoms with Crippen molar-refractivity contribution in [2.45, 2.75) is 39.3 Å². The van der Waals surface area contributed by atoms with Gasteiger partial charge in [0, 0.05) is 12.1 Å². The summed E-state index contributed by atoms with van der Waals surface area (Å²) in [5.74, 6) is 0. The van der Waals surface area contributed by atoms with E-state index < -0.39 is 0 Å². The molecule has 0 amide bonds. The average Bonchev–Trinajstić information content (AvgIpc) is 2.42. The van der Waals surface area contributed by atoms with Gasteiger partial charge in [-0.15, -0.1) is 0 Å². The van der Waals surface area contributed by atoms with Gasteiger partial charge in [-0.05, 0) is 43.9 Å². The number of hydrogen-bond donors (Lipinski definition) is 1. The molecule has 1 N–H and O–H groups in total. The molecule has 1 nitrogen and oxygen atoms in total. The Bertz CT molecular complexity index is 504. The lowest BCUT2D eigenvalue weighted by molar-refractivity contribution is 0.476. The van der Waals surface area contributed by atoms with Crippen molar-refractivity contribution in [2.75, 3.05) is 0 Å². The van der Waals surface area contributed by atoms with Gasteiger partial charge in [-0.25, -0.2) is 0 Å². The van der Waals surface area contributed by atoms with E-state index in [-0.39, 0.29) is 0 Å². The Kier molecular flexibility index (Phi) is 4.75. The Morgan fingerprint density at radius 1 is 0.895 bits per heavy atom. The lowest BCUT2D eigenvalue weighted by Crippen LogP contribution is -2.30. The fraction of sp³-hybridized carbons (Fsp3) is 0.333. The second-order valence-electron chi connectivity index (χ2n) is 5.33. The molecule has 0 spiro atoms. The summed E-state index contributed by atoms with van der Waals surface area (Å²) in [6, 6.07) is 20.1. The molecule has 1 heteroatoms. The largest absolute Gasteiger partial charge is 0.307 e. The van der Waals surface area contributed by atoms with Crippen LogP contribution in [0.4, 0.5) is 0 Å². The minimum Gasteiger partial charge on any atom is -0.307 e. The van der Waals surface area contributed by atoms with Crippen molar-refractivity contribution in [3.8, 4) is 0 Å². The van der Waals surface area contributed by atoms with Crippen LogP contribution < -0.4 is 5.32 Å². The predicted molar refractivity (Wildman–Crippen MR) is 82.3 cm³/mol. The third-order valence-electron chi connectivity index (χ3n) is 3.62. The molecule has 0 radical (unpaired) electrons. The van der Waals surface area contributed by atoms with Gasteiger partial charge in [0.1, 0.15) is 0 Å². The van der Waals surface area contributed by atoms with Crippen LogP contribution in [0.15, 0.2) is 54.6 Å². The van der Waals surface area contributed by atoms with Crippen molar-refractivity contribution >= 4 is 0 Å². The van der Waals surface area contributed by atoms with Gasteiger partial charge in [0.15, 0.2) is 0 Å². The molecule has 2 aromatic carbocycles. The quantitative estimate of drug-likeness (QED) is 0.838. The first-order valence-electron chi connectivity index (χ1n) is 7.02. The highest BCUT2D eigenvalue weighted by molar-refractivity contribution is 5.26. The molecule has 0 aromatic heterocycles. The Balaban J connectivity index is 1.95. The fourth-order valence-corrected chi connectivity index (χ4v) is 2.49. The Labute approximate surface area is 116 Å². The molecule has 0 saturated carbocycles. The van der Waals surface area contributed by atoms with Crippen LogP contribution >= 0.6 is 0 Å². The van der Waals surface area contributed by atoms with Crippen molar-refractivity contribution < 1.29 is 0 Å². The van der Waals surface area contributed by atoms with Crippen molar-refractivity contribution in [2.24, 2.45) is 0 Å². The van der Waals surface area contributed by atoms with E-state index in [0.29, 0.717) is 12.1 Å². The smallest absolute Gasteiger partial charge is 0.0294 e. The summed E-state index contributed by atoms with van der Waals surface area (Å²) in [5, 5.41) is 3.67. The number of nitrogens with one attached hydrogen (secondary N) is 1. The standard InChI is InChI=1S/C18H23N/c1-14-9-7-8-12-18(14)13-15(2)19-16(3)17-10-5-4-6-11-17/h4-12,15-16,19H,13H2,1-3H3. The first-order valence-corrected chi connectivity index (χ1v) is 7.02. The molecule has 2 rings (SSSR count). The maximum atomic E-state index is 3.67. The normalized spacial score (nSPS) is 14.1. The summed E-state index contributed by atoms with van der Waals surface area (Å²) in [7, 11) is 0. The van der Waals surface area contributed by atoms with Gasteiger partial charge >= 0.3 is 0 Å². The molecule has 100 valence electrons. The average molecular weight is 253 g/mol. The van der Waals surface area contributed by atoms with Crippen molar-refractivity contribution in [3.05, 3.63) is 71.3 Å². The van der Waals surface area contributed by atoms with Crippen LogP contribution in [0.5, 0.6) is 0 Å². The third-order valence-corrected chi connectivity index (χ3v) is 3.62.